The Morgan fingerprint density at radius 1 is 1.29 bits per heavy atom. The number of nitrogens with one attached hydrogen (secondary N) is 1. The van der Waals surface area contributed by atoms with Crippen molar-refractivity contribution in [2.75, 3.05) is 4.72 Å². The molecule has 2 aromatic rings. The van der Waals surface area contributed by atoms with Crippen LogP contribution in [-0.2, 0) is 10.0 Å². The van der Waals surface area contributed by atoms with E-state index in [-0.39, 0.29) is 11.0 Å². The molecular weight excluding hydrogens is 388 g/mol. The lowest BCUT2D eigenvalue weighted by Gasteiger charge is -2.08. The van der Waals surface area contributed by atoms with Crippen LogP contribution in [0.4, 0.5) is 11.5 Å². The monoisotopic (exact) mass is 392 g/mol. The standard InChI is InChI=1S/C10H6BrClN4O4S/c11-6-1-2-7(16(17)18)8(3-6)21(19,20)15-10-4-9(12)13-5-14-10/h1-5H,(H,13,14,15). The van der Waals surface area contributed by atoms with Crippen LogP contribution < -0.4 is 4.72 Å². The first-order chi connectivity index (χ1) is 9.79. The number of benzene rings is 1. The number of nitro benzene ring substituents is 1. The Balaban J connectivity index is 2.49. The first-order valence-corrected chi connectivity index (χ1v) is 7.89. The van der Waals surface area contributed by atoms with E-state index in [0.717, 1.165) is 18.5 Å². The van der Waals surface area contributed by atoms with Crippen LogP contribution in [0.5, 0.6) is 0 Å². The highest BCUT2D eigenvalue weighted by Gasteiger charge is 2.26. The van der Waals surface area contributed by atoms with E-state index in [0.29, 0.717) is 4.47 Å². The number of rotatable bonds is 4. The summed E-state index contributed by atoms with van der Waals surface area (Å²) in [6.45, 7) is 0. The lowest BCUT2D eigenvalue weighted by Crippen LogP contribution is -2.15. The second-order valence-electron chi connectivity index (χ2n) is 3.70. The van der Waals surface area contributed by atoms with Crippen molar-refractivity contribution < 1.29 is 13.3 Å². The predicted octanol–water partition coefficient (Wildman–Crippen LogP) is 2.60. The summed E-state index contributed by atoms with van der Waals surface area (Å²) in [5, 5.41) is 11.0. The van der Waals surface area contributed by atoms with Gasteiger partial charge in [0, 0.05) is 16.6 Å². The number of aromatic nitrogens is 2. The van der Waals surface area contributed by atoms with E-state index in [1.54, 1.807) is 0 Å². The summed E-state index contributed by atoms with van der Waals surface area (Å²) in [4.78, 5) is 17.0. The molecule has 0 unspecified atom stereocenters. The highest BCUT2D eigenvalue weighted by Crippen LogP contribution is 2.28. The van der Waals surface area contributed by atoms with Gasteiger partial charge < -0.3 is 0 Å². The van der Waals surface area contributed by atoms with Gasteiger partial charge in [0.25, 0.3) is 15.7 Å². The van der Waals surface area contributed by atoms with E-state index in [1.165, 1.54) is 12.1 Å². The molecule has 0 saturated heterocycles. The third-order valence-corrected chi connectivity index (χ3v) is 4.36. The third-order valence-electron chi connectivity index (χ3n) is 2.28. The summed E-state index contributed by atoms with van der Waals surface area (Å²) < 4.78 is 27.0. The summed E-state index contributed by atoms with van der Waals surface area (Å²) in [6, 6.07) is 4.77. The normalized spacial score (nSPS) is 11.1. The Kier molecular flexibility index (Phi) is 4.40. The van der Waals surface area contributed by atoms with Crippen LogP contribution in [0.1, 0.15) is 0 Å². The Labute approximate surface area is 132 Å². The molecule has 2 rings (SSSR count). The molecule has 0 aliphatic heterocycles. The molecule has 0 radical (unpaired) electrons. The van der Waals surface area contributed by atoms with Gasteiger partial charge in [0.2, 0.25) is 0 Å². The van der Waals surface area contributed by atoms with Gasteiger partial charge in [-0.1, -0.05) is 27.5 Å². The molecule has 1 N–H and O–H groups in total. The number of nitrogens with zero attached hydrogens (tertiary/aromatic N) is 3. The van der Waals surface area contributed by atoms with E-state index in [1.807, 2.05) is 0 Å². The van der Waals surface area contributed by atoms with Crippen molar-refractivity contribution in [3.05, 3.63) is 50.3 Å². The fourth-order valence-electron chi connectivity index (χ4n) is 1.44. The SMILES string of the molecule is O=[N+]([O-])c1ccc(Br)cc1S(=O)(=O)Nc1cc(Cl)ncn1. The van der Waals surface area contributed by atoms with Crippen LogP contribution >= 0.6 is 27.5 Å². The summed E-state index contributed by atoms with van der Waals surface area (Å²) in [6.07, 6.45) is 1.06. The lowest BCUT2D eigenvalue weighted by atomic mass is 10.3. The molecule has 0 aliphatic rings. The maximum Gasteiger partial charge on any atom is 0.289 e. The molecule has 8 nitrogen and oxygen atoms in total. The third kappa shape index (κ3) is 3.65. The summed E-state index contributed by atoms with van der Waals surface area (Å²) >= 11 is 8.70. The average Bonchev–Trinajstić information content (AvgIpc) is 2.37. The Morgan fingerprint density at radius 3 is 2.62 bits per heavy atom. The van der Waals surface area contributed by atoms with Gasteiger partial charge in [-0.05, 0) is 12.1 Å². The van der Waals surface area contributed by atoms with Gasteiger partial charge in [0.1, 0.15) is 17.3 Å². The van der Waals surface area contributed by atoms with Crippen LogP contribution in [0.15, 0.2) is 40.0 Å². The smallest absolute Gasteiger partial charge is 0.263 e. The zero-order chi connectivity index (χ0) is 15.6. The van der Waals surface area contributed by atoms with Crippen molar-refractivity contribution in [3.8, 4) is 0 Å². The van der Waals surface area contributed by atoms with Crippen LogP contribution in [0.25, 0.3) is 0 Å². The van der Waals surface area contributed by atoms with Crippen molar-refractivity contribution in [3.63, 3.8) is 0 Å². The molecular formula is C10H6BrClN4O4S. The number of nitro groups is 1. The molecule has 0 fully saturated rings. The van der Waals surface area contributed by atoms with E-state index >= 15 is 0 Å². The van der Waals surface area contributed by atoms with E-state index in [2.05, 4.69) is 30.6 Å². The Hall–Kier alpha value is -1.78. The van der Waals surface area contributed by atoms with Crippen LogP contribution in [0, 0.1) is 10.1 Å². The van der Waals surface area contributed by atoms with Gasteiger partial charge in [-0.2, -0.15) is 0 Å². The first kappa shape index (κ1) is 15.6. The second-order valence-corrected chi connectivity index (χ2v) is 6.65. The van der Waals surface area contributed by atoms with Crippen LogP contribution in [0.3, 0.4) is 0 Å². The maximum absolute atomic E-state index is 12.3. The van der Waals surface area contributed by atoms with Gasteiger partial charge in [0.15, 0.2) is 4.90 Å². The minimum atomic E-state index is -4.20. The molecule has 1 aromatic heterocycles. The minimum Gasteiger partial charge on any atom is -0.263 e. The van der Waals surface area contributed by atoms with Crippen molar-refractivity contribution in [2.45, 2.75) is 4.90 Å². The zero-order valence-electron chi connectivity index (χ0n) is 10.0. The molecule has 1 heterocycles. The Bertz CT molecular complexity index is 814. The summed E-state index contributed by atoms with van der Waals surface area (Å²) in [5.74, 6) is -0.0933. The fraction of sp³-hybridized carbons (Fsp3) is 0. The molecule has 0 atom stereocenters. The molecule has 0 amide bonds. The van der Waals surface area contributed by atoms with Crippen LogP contribution in [0.2, 0.25) is 5.15 Å². The van der Waals surface area contributed by atoms with Crippen LogP contribution in [-0.4, -0.2) is 23.3 Å². The van der Waals surface area contributed by atoms with Crippen molar-refractivity contribution >= 4 is 49.1 Å². The average molecular weight is 394 g/mol. The number of anilines is 1. The fourth-order valence-corrected chi connectivity index (χ4v) is 3.29. The van der Waals surface area contributed by atoms with Crippen molar-refractivity contribution in [1.82, 2.24) is 9.97 Å². The molecule has 11 heteroatoms. The molecule has 1 aromatic carbocycles. The van der Waals surface area contributed by atoms with Gasteiger partial charge >= 0.3 is 0 Å². The lowest BCUT2D eigenvalue weighted by molar-refractivity contribution is -0.387. The predicted molar refractivity (Wildman–Crippen MR) is 78.6 cm³/mol. The Morgan fingerprint density at radius 2 is 2.00 bits per heavy atom. The molecule has 0 spiro atoms. The number of sulfonamides is 1. The highest BCUT2D eigenvalue weighted by atomic mass is 79.9. The molecule has 0 bridgehead atoms. The number of hydrogen-bond donors (Lipinski definition) is 1. The molecule has 21 heavy (non-hydrogen) atoms. The molecule has 0 saturated carbocycles. The van der Waals surface area contributed by atoms with E-state index in [4.69, 9.17) is 11.6 Å². The minimum absolute atomic E-state index is 0.0337. The molecule has 0 aliphatic carbocycles. The largest absolute Gasteiger partial charge is 0.289 e. The first-order valence-electron chi connectivity index (χ1n) is 5.24. The number of hydrogen-bond acceptors (Lipinski definition) is 6. The topological polar surface area (TPSA) is 115 Å². The van der Waals surface area contributed by atoms with Gasteiger partial charge in [-0.25, -0.2) is 18.4 Å². The van der Waals surface area contributed by atoms with Crippen molar-refractivity contribution in [2.24, 2.45) is 0 Å². The van der Waals surface area contributed by atoms with Crippen molar-refractivity contribution in [1.29, 1.82) is 0 Å². The second kappa shape index (κ2) is 5.92. The summed E-state index contributed by atoms with van der Waals surface area (Å²) in [5.41, 5.74) is -0.550. The maximum atomic E-state index is 12.3. The van der Waals surface area contributed by atoms with Gasteiger partial charge in [0.05, 0.1) is 4.92 Å². The van der Waals surface area contributed by atoms with Gasteiger partial charge in [-0.3, -0.25) is 14.8 Å². The molecule has 110 valence electrons. The zero-order valence-corrected chi connectivity index (χ0v) is 13.2. The van der Waals surface area contributed by atoms with Gasteiger partial charge in [-0.15, -0.1) is 0 Å². The van der Waals surface area contributed by atoms with E-state index < -0.39 is 25.5 Å². The summed E-state index contributed by atoms with van der Waals surface area (Å²) in [7, 11) is -4.20. The van der Waals surface area contributed by atoms with E-state index in [9.17, 15) is 18.5 Å². The quantitative estimate of drug-likeness (QED) is 0.485. The number of halogens is 2. The highest BCUT2D eigenvalue weighted by molar-refractivity contribution is 9.10.